The van der Waals surface area contributed by atoms with Crippen LogP contribution >= 0.6 is 11.6 Å². The Hall–Kier alpha value is -1.06. The molecule has 1 aromatic carbocycles. The summed E-state index contributed by atoms with van der Waals surface area (Å²) in [7, 11) is 2.00. The van der Waals surface area contributed by atoms with Gasteiger partial charge in [-0.25, -0.2) is 0 Å². The maximum atomic E-state index is 12.7. The van der Waals surface area contributed by atoms with E-state index in [9.17, 15) is 4.79 Å². The minimum absolute atomic E-state index is 0.114. The molecule has 0 aliphatic carbocycles. The van der Waals surface area contributed by atoms with Crippen LogP contribution in [0.1, 0.15) is 32.8 Å². The number of likely N-dealkylation sites (tertiary alicyclic amines) is 1. The van der Waals surface area contributed by atoms with Gasteiger partial charge in [0, 0.05) is 24.7 Å². The molecule has 1 aliphatic rings. The van der Waals surface area contributed by atoms with E-state index in [1.165, 1.54) is 6.42 Å². The lowest BCUT2D eigenvalue weighted by Crippen LogP contribution is -2.50. The predicted octanol–water partition coefficient (Wildman–Crippen LogP) is 3.66. The van der Waals surface area contributed by atoms with Crippen LogP contribution in [0, 0.1) is 11.8 Å². The second-order valence-corrected chi connectivity index (χ2v) is 7.35. The van der Waals surface area contributed by atoms with Crippen molar-refractivity contribution in [2.75, 3.05) is 20.1 Å². The van der Waals surface area contributed by atoms with Gasteiger partial charge in [0.15, 0.2) is 0 Å². The first-order chi connectivity index (χ1) is 10.4. The fourth-order valence-electron chi connectivity index (χ4n) is 3.36. The van der Waals surface area contributed by atoms with Gasteiger partial charge in [0.2, 0.25) is 5.91 Å². The molecule has 4 heteroatoms. The van der Waals surface area contributed by atoms with Crippen molar-refractivity contribution in [1.82, 2.24) is 9.80 Å². The first kappa shape index (κ1) is 17.3. The number of amides is 1. The van der Waals surface area contributed by atoms with Gasteiger partial charge in [-0.2, -0.15) is 0 Å². The van der Waals surface area contributed by atoms with Gasteiger partial charge < -0.3 is 4.90 Å². The molecule has 0 spiro atoms. The third kappa shape index (κ3) is 4.47. The average molecular weight is 323 g/mol. The zero-order chi connectivity index (χ0) is 16.3. The zero-order valence-electron chi connectivity index (χ0n) is 14.1. The summed E-state index contributed by atoms with van der Waals surface area (Å²) in [4.78, 5) is 16.9. The third-order valence-corrected chi connectivity index (χ3v) is 4.76. The maximum Gasteiger partial charge on any atom is 0.239 e. The van der Waals surface area contributed by atoms with E-state index < -0.39 is 0 Å². The minimum Gasteiger partial charge on any atom is -0.341 e. The lowest BCUT2D eigenvalue weighted by molar-refractivity contribution is -0.138. The number of carbonyl (C=O) groups is 1. The summed E-state index contributed by atoms with van der Waals surface area (Å²) in [5, 5.41) is 0.739. The molecule has 1 saturated heterocycles. The fraction of sp³-hybridized carbons (Fsp3) is 0.611. The van der Waals surface area contributed by atoms with Crippen molar-refractivity contribution in [3.63, 3.8) is 0 Å². The molecule has 0 bridgehead atoms. The number of rotatable bonds is 4. The van der Waals surface area contributed by atoms with Crippen LogP contribution in [0.15, 0.2) is 24.3 Å². The first-order valence-corrected chi connectivity index (χ1v) is 8.48. The van der Waals surface area contributed by atoms with E-state index in [1.54, 1.807) is 0 Å². The molecule has 3 unspecified atom stereocenters. The molecule has 0 saturated carbocycles. The van der Waals surface area contributed by atoms with Gasteiger partial charge in [0.25, 0.3) is 0 Å². The number of hydrogen-bond acceptors (Lipinski definition) is 2. The third-order valence-electron chi connectivity index (χ3n) is 4.52. The van der Waals surface area contributed by atoms with E-state index >= 15 is 0 Å². The molecule has 122 valence electrons. The second-order valence-electron chi connectivity index (χ2n) is 6.91. The Morgan fingerprint density at radius 3 is 2.59 bits per heavy atom. The van der Waals surface area contributed by atoms with Crippen molar-refractivity contribution in [2.24, 2.45) is 11.8 Å². The van der Waals surface area contributed by atoms with Crippen LogP contribution in [0.25, 0.3) is 0 Å². The second kappa shape index (κ2) is 7.47. The lowest BCUT2D eigenvalue weighted by atomic mass is 9.91. The van der Waals surface area contributed by atoms with E-state index in [0.29, 0.717) is 11.8 Å². The van der Waals surface area contributed by atoms with E-state index in [0.717, 1.165) is 30.2 Å². The normalized spacial score (nSPS) is 23.6. The SMILES string of the molecule is CC1CC(C)CN(C(=O)C(C)N(C)Cc2cccc(Cl)c2)C1. The van der Waals surface area contributed by atoms with Crippen molar-refractivity contribution >= 4 is 17.5 Å². The van der Waals surface area contributed by atoms with Crippen LogP contribution < -0.4 is 0 Å². The molecule has 1 aliphatic heterocycles. The van der Waals surface area contributed by atoms with E-state index in [4.69, 9.17) is 11.6 Å². The van der Waals surface area contributed by atoms with Crippen LogP contribution in [-0.2, 0) is 11.3 Å². The molecule has 2 rings (SSSR count). The summed E-state index contributed by atoms with van der Waals surface area (Å²) in [6.45, 7) is 8.97. The molecule has 3 atom stereocenters. The Balaban J connectivity index is 1.97. The highest BCUT2D eigenvalue weighted by Crippen LogP contribution is 2.22. The molecule has 3 nitrogen and oxygen atoms in total. The number of carbonyl (C=O) groups excluding carboxylic acids is 1. The first-order valence-electron chi connectivity index (χ1n) is 8.10. The van der Waals surface area contributed by atoms with Crippen molar-refractivity contribution < 1.29 is 4.79 Å². The fourth-order valence-corrected chi connectivity index (χ4v) is 3.57. The van der Waals surface area contributed by atoms with Gasteiger partial charge >= 0.3 is 0 Å². The number of benzene rings is 1. The number of halogens is 1. The summed E-state index contributed by atoms with van der Waals surface area (Å²) in [6, 6.07) is 7.71. The summed E-state index contributed by atoms with van der Waals surface area (Å²) in [6.07, 6.45) is 1.22. The van der Waals surface area contributed by atoms with Crippen LogP contribution in [0.3, 0.4) is 0 Å². The molecule has 22 heavy (non-hydrogen) atoms. The van der Waals surface area contributed by atoms with Gasteiger partial charge in [-0.05, 0) is 49.9 Å². The Morgan fingerprint density at radius 2 is 2.00 bits per heavy atom. The largest absolute Gasteiger partial charge is 0.341 e. The Kier molecular flexibility index (Phi) is 5.87. The molecule has 1 heterocycles. The molecule has 1 amide bonds. The summed E-state index contributed by atoms with van der Waals surface area (Å²) >= 11 is 6.03. The Morgan fingerprint density at radius 1 is 1.36 bits per heavy atom. The van der Waals surface area contributed by atoms with Crippen molar-refractivity contribution in [3.8, 4) is 0 Å². The van der Waals surface area contributed by atoms with Crippen LogP contribution in [-0.4, -0.2) is 41.9 Å². The molecule has 1 fully saturated rings. The average Bonchev–Trinajstić information content (AvgIpc) is 2.44. The number of piperidine rings is 1. The Labute approximate surface area is 139 Å². The summed E-state index contributed by atoms with van der Waals surface area (Å²) in [5.41, 5.74) is 1.13. The highest BCUT2D eigenvalue weighted by Gasteiger charge is 2.29. The maximum absolute atomic E-state index is 12.7. The van der Waals surface area contributed by atoms with Gasteiger partial charge in [0.05, 0.1) is 6.04 Å². The topological polar surface area (TPSA) is 23.6 Å². The molecule has 0 N–H and O–H groups in total. The molecular formula is C18H27ClN2O. The van der Waals surface area contributed by atoms with Crippen molar-refractivity contribution in [2.45, 2.75) is 39.8 Å². The van der Waals surface area contributed by atoms with E-state index in [-0.39, 0.29) is 11.9 Å². The summed E-state index contributed by atoms with van der Waals surface area (Å²) in [5.74, 6) is 1.43. The number of likely N-dealkylation sites (N-methyl/N-ethyl adjacent to an activating group) is 1. The Bertz CT molecular complexity index is 510. The van der Waals surface area contributed by atoms with Crippen LogP contribution in [0.4, 0.5) is 0 Å². The van der Waals surface area contributed by atoms with E-state index in [2.05, 4.69) is 18.7 Å². The zero-order valence-corrected chi connectivity index (χ0v) is 14.8. The lowest BCUT2D eigenvalue weighted by Gasteiger charge is -2.38. The molecule has 0 aromatic heterocycles. The highest BCUT2D eigenvalue weighted by atomic mass is 35.5. The quantitative estimate of drug-likeness (QED) is 0.844. The predicted molar refractivity (Wildman–Crippen MR) is 91.9 cm³/mol. The number of hydrogen-bond donors (Lipinski definition) is 0. The molecular weight excluding hydrogens is 296 g/mol. The molecule has 1 aromatic rings. The van der Waals surface area contributed by atoms with Crippen molar-refractivity contribution in [1.29, 1.82) is 0 Å². The van der Waals surface area contributed by atoms with Gasteiger partial charge in [-0.3, -0.25) is 9.69 Å². The minimum atomic E-state index is -0.114. The van der Waals surface area contributed by atoms with Crippen LogP contribution in [0.2, 0.25) is 5.02 Å². The number of nitrogens with zero attached hydrogens (tertiary/aromatic N) is 2. The monoisotopic (exact) mass is 322 g/mol. The molecule has 0 radical (unpaired) electrons. The van der Waals surface area contributed by atoms with Gasteiger partial charge in [0.1, 0.15) is 0 Å². The van der Waals surface area contributed by atoms with Crippen molar-refractivity contribution in [3.05, 3.63) is 34.9 Å². The van der Waals surface area contributed by atoms with Gasteiger partial charge in [-0.1, -0.05) is 37.6 Å². The smallest absolute Gasteiger partial charge is 0.239 e. The highest BCUT2D eigenvalue weighted by molar-refractivity contribution is 6.30. The van der Waals surface area contributed by atoms with Gasteiger partial charge in [-0.15, -0.1) is 0 Å². The van der Waals surface area contributed by atoms with E-state index in [1.807, 2.05) is 43.1 Å². The summed E-state index contributed by atoms with van der Waals surface area (Å²) < 4.78 is 0. The van der Waals surface area contributed by atoms with Crippen LogP contribution in [0.5, 0.6) is 0 Å². The standard InChI is InChI=1S/C18H27ClN2O/c1-13-8-14(2)11-21(10-13)18(22)15(3)20(4)12-16-6-5-7-17(19)9-16/h5-7,9,13-15H,8,10-12H2,1-4H3.